The standard InChI is InChI=1S/C31H39N5O3/c1-19(22-9-11-26(38-8)12-10-22)35-17-24(15-29(35)37)21(3)39-28-14-23(13-27-30(28)20(2)34(7)33-27)25-16-32-36(18-25)31(4,5)6/h9-14,16,18-19,21,24H,15,17H2,1-8H3/t19?,21?,24-/m1/s1. The van der Waals surface area contributed by atoms with Crippen LogP contribution in [0.25, 0.3) is 22.0 Å². The number of methoxy groups -OCH3 is 1. The van der Waals surface area contributed by atoms with E-state index in [0.717, 1.165) is 44.8 Å². The highest BCUT2D eigenvalue weighted by Crippen LogP contribution is 2.37. The number of likely N-dealkylation sites (tertiary alicyclic amines) is 1. The molecule has 1 amide bonds. The molecule has 206 valence electrons. The van der Waals surface area contributed by atoms with Crippen molar-refractivity contribution in [3.8, 4) is 22.6 Å². The van der Waals surface area contributed by atoms with Crippen LogP contribution in [0.4, 0.5) is 0 Å². The Morgan fingerprint density at radius 2 is 1.79 bits per heavy atom. The molecule has 3 atom stereocenters. The Hall–Kier alpha value is -3.81. The summed E-state index contributed by atoms with van der Waals surface area (Å²) >= 11 is 0. The van der Waals surface area contributed by atoms with E-state index in [1.807, 2.05) is 51.8 Å². The first-order valence-corrected chi connectivity index (χ1v) is 13.6. The van der Waals surface area contributed by atoms with Crippen LogP contribution in [0.1, 0.15) is 58.3 Å². The molecule has 0 spiro atoms. The van der Waals surface area contributed by atoms with Crippen molar-refractivity contribution in [1.82, 2.24) is 24.5 Å². The molecule has 0 bridgehead atoms. The van der Waals surface area contributed by atoms with Gasteiger partial charge in [-0.3, -0.25) is 14.2 Å². The van der Waals surface area contributed by atoms with Crippen molar-refractivity contribution < 1.29 is 14.3 Å². The molecular weight excluding hydrogens is 490 g/mol. The van der Waals surface area contributed by atoms with Gasteiger partial charge in [0.1, 0.15) is 17.6 Å². The van der Waals surface area contributed by atoms with E-state index < -0.39 is 0 Å². The summed E-state index contributed by atoms with van der Waals surface area (Å²) in [6.45, 7) is 13.3. The van der Waals surface area contributed by atoms with Crippen LogP contribution >= 0.6 is 0 Å². The number of nitrogens with zero attached hydrogens (tertiary/aromatic N) is 5. The molecule has 2 aromatic carbocycles. The van der Waals surface area contributed by atoms with Crippen LogP contribution in [-0.2, 0) is 17.4 Å². The van der Waals surface area contributed by atoms with E-state index in [-0.39, 0.29) is 29.5 Å². The topological polar surface area (TPSA) is 74.4 Å². The Labute approximate surface area is 230 Å². The number of carbonyl (C=O) groups is 1. The molecule has 0 aliphatic carbocycles. The number of amides is 1. The van der Waals surface area contributed by atoms with E-state index in [4.69, 9.17) is 14.6 Å². The average molecular weight is 530 g/mol. The van der Waals surface area contributed by atoms with E-state index in [2.05, 4.69) is 65.0 Å². The van der Waals surface area contributed by atoms with Crippen LogP contribution in [0.3, 0.4) is 0 Å². The minimum atomic E-state index is -0.155. The van der Waals surface area contributed by atoms with Gasteiger partial charge in [0.15, 0.2) is 0 Å². The molecule has 1 aliphatic heterocycles. The predicted octanol–water partition coefficient (Wildman–Crippen LogP) is 5.89. The average Bonchev–Trinajstić information content (AvgIpc) is 3.61. The zero-order valence-corrected chi connectivity index (χ0v) is 24.2. The van der Waals surface area contributed by atoms with Crippen LogP contribution in [-0.4, -0.2) is 50.1 Å². The zero-order valence-electron chi connectivity index (χ0n) is 24.2. The van der Waals surface area contributed by atoms with E-state index in [1.165, 1.54) is 0 Å². The van der Waals surface area contributed by atoms with Gasteiger partial charge in [-0.2, -0.15) is 10.2 Å². The molecule has 3 heterocycles. The molecule has 8 nitrogen and oxygen atoms in total. The third kappa shape index (κ3) is 5.12. The summed E-state index contributed by atoms with van der Waals surface area (Å²) in [5, 5.41) is 10.3. The van der Waals surface area contributed by atoms with E-state index in [9.17, 15) is 4.79 Å². The van der Waals surface area contributed by atoms with E-state index in [0.29, 0.717) is 13.0 Å². The summed E-state index contributed by atoms with van der Waals surface area (Å²) in [4.78, 5) is 15.1. The van der Waals surface area contributed by atoms with Crippen LogP contribution < -0.4 is 9.47 Å². The summed E-state index contributed by atoms with van der Waals surface area (Å²) in [7, 11) is 3.61. The highest BCUT2D eigenvalue weighted by Gasteiger charge is 2.37. The fourth-order valence-corrected chi connectivity index (χ4v) is 5.35. The van der Waals surface area contributed by atoms with Crippen molar-refractivity contribution in [2.24, 2.45) is 13.0 Å². The van der Waals surface area contributed by atoms with Gasteiger partial charge in [0.2, 0.25) is 5.91 Å². The maximum absolute atomic E-state index is 13.1. The van der Waals surface area contributed by atoms with E-state index >= 15 is 0 Å². The van der Waals surface area contributed by atoms with Gasteiger partial charge in [0.25, 0.3) is 0 Å². The van der Waals surface area contributed by atoms with Gasteiger partial charge in [-0.05, 0) is 76.9 Å². The molecule has 1 fully saturated rings. The van der Waals surface area contributed by atoms with Crippen molar-refractivity contribution >= 4 is 16.8 Å². The van der Waals surface area contributed by atoms with Gasteiger partial charge >= 0.3 is 0 Å². The second-order valence-corrected chi connectivity index (χ2v) is 11.7. The first-order chi connectivity index (χ1) is 18.5. The Bertz CT molecular complexity index is 1500. The lowest BCUT2D eigenvalue weighted by atomic mass is 10.0. The molecule has 2 aromatic heterocycles. The van der Waals surface area contributed by atoms with Crippen LogP contribution in [0.2, 0.25) is 0 Å². The molecule has 1 aliphatic rings. The summed E-state index contributed by atoms with van der Waals surface area (Å²) in [6.07, 6.45) is 4.27. The Balaban J connectivity index is 1.40. The number of aryl methyl sites for hydroxylation is 2. The molecular formula is C31H39N5O3. The fraction of sp³-hybridized carbons (Fsp3) is 0.452. The quantitative estimate of drug-likeness (QED) is 0.299. The maximum Gasteiger partial charge on any atom is 0.223 e. The number of fused-ring (bicyclic) bond motifs is 1. The molecule has 0 radical (unpaired) electrons. The molecule has 4 aromatic rings. The second-order valence-electron chi connectivity index (χ2n) is 11.7. The van der Waals surface area contributed by atoms with Gasteiger partial charge < -0.3 is 14.4 Å². The predicted molar refractivity (Wildman–Crippen MR) is 153 cm³/mol. The molecule has 0 N–H and O–H groups in total. The monoisotopic (exact) mass is 529 g/mol. The number of hydrogen-bond donors (Lipinski definition) is 0. The normalized spacial score (nSPS) is 17.6. The largest absolute Gasteiger partial charge is 0.497 e. The molecule has 39 heavy (non-hydrogen) atoms. The summed E-state index contributed by atoms with van der Waals surface area (Å²) < 4.78 is 15.8. The first-order valence-electron chi connectivity index (χ1n) is 13.6. The number of carbonyl (C=O) groups excluding carboxylic acids is 1. The molecule has 1 saturated heterocycles. The summed E-state index contributed by atoms with van der Waals surface area (Å²) in [6, 6.07) is 12.1. The van der Waals surface area contributed by atoms with Crippen LogP contribution in [0.5, 0.6) is 11.5 Å². The molecule has 2 unspecified atom stereocenters. The SMILES string of the molecule is COc1ccc(C(C)N2C[C@H](C(C)Oc3cc(-c4cnn(C(C)(C)C)c4)cc4nn(C)c(C)c34)CC2=O)cc1. The smallest absolute Gasteiger partial charge is 0.223 e. The Morgan fingerprint density at radius 1 is 1.08 bits per heavy atom. The van der Waals surface area contributed by atoms with Gasteiger partial charge in [0.05, 0.1) is 35.8 Å². The third-order valence-corrected chi connectivity index (χ3v) is 8.02. The second kappa shape index (κ2) is 10.1. The lowest BCUT2D eigenvalue weighted by Crippen LogP contribution is -2.31. The van der Waals surface area contributed by atoms with Crippen molar-refractivity contribution in [2.75, 3.05) is 13.7 Å². The Kier molecular flexibility index (Phi) is 6.91. The third-order valence-electron chi connectivity index (χ3n) is 8.02. The van der Waals surface area contributed by atoms with Crippen molar-refractivity contribution in [3.63, 3.8) is 0 Å². The molecule has 5 rings (SSSR count). The van der Waals surface area contributed by atoms with Crippen LogP contribution in [0, 0.1) is 12.8 Å². The van der Waals surface area contributed by atoms with Crippen molar-refractivity contribution in [2.45, 2.75) is 65.6 Å². The van der Waals surface area contributed by atoms with Crippen molar-refractivity contribution in [1.29, 1.82) is 0 Å². The zero-order chi connectivity index (χ0) is 28.1. The number of aromatic nitrogens is 4. The Morgan fingerprint density at radius 3 is 2.44 bits per heavy atom. The lowest BCUT2D eigenvalue weighted by molar-refractivity contribution is -0.129. The first kappa shape index (κ1) is 26.8. The summed E-state index contributed by atoms with van der Waals surface area (Å²) in [5.41, 5.74) is 4.94. The fourth-order valence-electron chi connectivity index (χ4n) is 5.35. The molecule has 8 heteroatoms. The summed E-state index contributed by atoms with van der Waals surface area (Å²) in [5.74, 6) is 1.84. The minimum absolute atomic E-state index is 0.0180. The van der Waals surface area contributed by atoms with Gasteiger partial charge in [-0.25, -0.2) is 0 Å². The maximum atomic E-state index is 13.1. The number of rotatable bonds is 7. The van der Waals surface area contributed by atoms with Gasteiger partial charge in [0, 0.05) is 43.4 Å². The molecule has 0 saturated carbocycles. The van der Waals surface area contributed by atoms with E-state index in [1.54, 1.807) is 7.11 Å². The highest BCUT2D eigenvalue weighted by molar-refractivity contribution is 5.92. The highest BCUT2D eigenvalue weighted by atomic mass is 16.5. The number of hydrogen-bond acceptors (Lipinski definition) is 5. The minimum Gasteiger partial charge on any atom is -0.497 e. The van der Waals surface area contributed by atoms with Gasteiger partial charge in [-0.1, -0.05) is 12.1 Å². The lowest BCUT2D eigenvalue weighted by Gasteiger charge is -2.27. The number of ether oxygens (including phenoxy) is 2. The van der Waals surface area contributed by atoms with Crippen LogP contribution in [0.15, 0.2) is 48.8 Å². The van der Waals surface area contributed by atoms with Crippen molar-refractivity contribution in [3.05, 3.63) is 60.0 Å². The number of benzene rings is 2. The van der Waals surface area contributed by atoms with Gasteiger partial charge in [-0.15, -0.1) is 0 Å².